The highest BCUT2D eigenvalue weighted by Crippen LogP contribution is 2.07. The normalized spacial score (nSPS) is 20.6. The average molecular weight is 271 g/mol. The monoisotopic (exact) mass is 271 g/mol. The second-order valence-electron chi connectivity index (χ2n) is 4.63. The largest absolute Gasteiger partial charge is 0.480 e. The molecular weight excluding hydrogens is 250 g/mol. The van der Waals surface area contributed by atoms with Gasteiger partial charge in [-0.1, -0.05) is 20.3 Å². The van der Waals surface area contributed by atoms with Gasteiger partial charge >= 0.3 is 12.0 Å². The number of rotatable bonds is 5. The number of nitrogens with zero attached hydrogens (tertiary/aromatic N) is 1. The zero-order valence-electron chi connectivity index (χ0n) is 11.3. The van der Waals surface area contributed by atoms with Crippen LogP contribution in [0.2, 0.25) is 0 Å². The highest BCUT2D eigenvalue weighted by Gasteiger charge is 2.35. The highest BCUT2D eigenvalue weighted by molar-refractivity contribution is 5.90. The summed E-state index contributed by atoms with van der Waals surface area (Å²) in [5, 5.41) is 14.3. The third kappa shape index (κ3) is 4.11. The Hall–Kier alpha value is -1.79. The summed E-state index contributed by atoms with van der Waals surface area (Å²) in [5.74, 6) is -1.45. The van der Waals surface area contributed by atoms with Crippen molar-refractivity contribution >= 4 is 17.9 Å². The van der Waals surface area contributed by atoms with Crippen LogP contribution >= 0.6 is 0 Å². The van der Waals surface area contributed by atoms with E-state index in [9.17, 15) is 14.4 Å². The van der Waals surface area contributed by atoms with E-state index in [1.807, 2.05) is 13.8 Å². The van der Waals surface area contributed by atoms with Crippen molar-refractivity contribution in [3.05, 3.63) is 0 Å². The Balaban J connectivity index is 2.70. The van der Waals surface area contributed by atoms with Gasteiger partial charge in [0.2, 0.25) is 5.91 Å². The Morgan fingerprint density at radius 1 is 1.53 bits per heavy atom. The standard InChI is InChI=1S/C12H21N3O4/c1-3-5-8(4-2)14-12(19)15-7-10(16)13-6-9(15)11(17)18/h8-9H,3-7H2,1-2H3,(H,13,16)(H,14,19)(H,17,18). The summed E-state index contributed by atoms with van der Waals surface area (Å²) in [6, 6.07) is -1.48. The van der Waals surface area contributed by atoms with E-state index < -0.39 is 18.0 Å². The molecule has 108 valence electrons. The Labute approximate surface area is 112 Å². The molecule has 0 bridgehead atoms. The van der Waals surface area contributed by atoms with Gasteiger partial charge in [-0.05, 0) is 12.8 Å². The van der Waals surface area contributed by atoms with E-state index in [2.05, 4.69) is 10.6 Å². The van der Waals surface area contributed by atoms with E-state index in [0.717, 1.165) is 24.2 Å². The molecule has 1 rings (SSSR count). The van der Waals surface area contributed by atoms with Crippen molar-refractivity contribution in [3.63, 3.8) is 0 Å². The van der Waals surface area contributed by atoms with Gasteiger partial charge in [-0.3, -0.25) is 9.69 Å². The summed E-state index contributed by atoms with van der Waals surface area (Å²) in [7, 11) is 0. The Bertz CT molecular complexity index is 359. The quantitative estimate of drug-likeness (QED) is 0.663. The fourth-order valence-corrected chi connectivity index (χ4v) is 2.06. The van der Waals surface area contributed by atoms with Crippen LogP contribution < -0.4 is 10.6 Å². The van der Waals surface area contributed by atoms with E-state index in [1.165, 1.54) is 0 Å². The molecule has 7 nitrogen and oxygen atoms in total. The van der Waals surface area contributed by atoms with Gasteiger partial charge in [0.1, 0.15) is 12.6 Å². The molecule has 3 amide bonds. The minimum Gasteiger partial charge on any atom is -0.480 e. The lowest BCUT2D eigenvalue weighted by Crippen LogP contribution is -2.62. The lowest BCUT2D eigenvalue weighted by molar-refractivity contribution is -0.144. The topological polar surface area (TPSA) is 98.7 Å². The van der Waals surface area contributed by atoms with Crippen LogP contribution in [0.3, 0.4) is 0 Å². The molecule has 3 N–H and O–H groups in total. The molecule has 7 heteroatoms. The number of hydrogen-bond acceptors (Lipinski definition) is 3. The molecule has 1 aliphatic heterocycles. The van der Waals surface area contributed by atoms with Crippen LogP contribution in [0.25, 0.3) is 0 Å². The molecular formula is C12H21N3O4. The van der Waals surface area contributed by atoms with Crippen LogP contribution in [-0.4, -0.2) is 53.1 Å². The summed E-state index contributed by atoms with van der Waals surface area (Å²) >= 11 is 0. The zero-order chi connectivity index (χ0) is 14.4. The summed E-state index contributed by atoms with van der Waals surface area (Å²) < 4.78 is 0. The summed E-state index contributed by atoms with van der Waals surface area (Å²) in [5.41, 5.74) is 0. The molecule has 2 unspecified atom stereocenters. The van der Waals surface area contributed by atoms with Crippen LogP contribution in [0, 0.1) is 0 Å². The number of aliphatic carboxylic acids is 1. The van der Waals surface area contributed by atoms with Crippen LogP contribution in [0.4, 0.5) is 4.79 Å². The van der Waals surface area contributed by atoms with Crippen molar-refractivity contribution < 1.29 is 19.5 Å². The van der Waals surface area contributed by atoms with Gasteiger partial charge in [-0.15, -0.1) is 0 Å². The van der Waals surface area contributed by atoms with Crippen molar-refractivity contribution in [1.82, 2.24) is 15.5 Å². The van der Waals surface area contributed by atoms with Crippen LogP contribution in [0.1, 0.15) is 33.1 Å². The number of carboxylic acid groups (broad SMARTS) is 1. The van der Waals surface area contributed by atoms with E-state index in [4.69, 9.17) is 5.11 Å². The van der Waals surface area contributed by atoms with Crippen LogP contribution in [0.15, 0.2) is 0 Å². The summed E-state index contributed by atoms with van der Waals surface area (Å²) in [6.07, 6.45) is 2.54. The first kappa shape index (κ1) is 15.3. The van der Waals surface area contributed by atoms with Gasteiger partial charge in [0.25, 0.3) is 0 Å². The SMILES string of the molecule is CCCC(CC)NC(=O)N1CC(=O)NCC1C(=O)O. The van der Waals surface area contributed by atoms with E-state index >= 15 is 0 Å². The molecule has 0 aromatic carbocycles. The average Bonchev–Trinajstić information content (AvgIpc) is 2.37. The third-order valence-corrected chi connectivity index (χ3v) is 3.19. The maximum Gasteiger partial charge on any atom is 0.328 e. The number of amides is 3. The van der Waals surface area contributed by atoms with Gasteiger partial charge < -0.3 is 15.7 Å². The molecule has 1 fully saturated rings. The predicted octanol–water partition coefficient (Wildman–Crippen LogP) is 0.160. The fraction of sp³-hybridized carbons (Fsp3) is 0.750. The van der Waals surface area contributed by atoms with Crippen LogP contribution in [0.5, 0.6) is 0 Å². The van der Waals surface area contributed by atoms with Gasteiger partial charge in [-0.2, -0.15) is 0 Å². The second kappa shape index (κ2) is 6.96. The summed E-state index contributed by atoms with van der Waals surface area (Å²) in [6.45, 7) is 3.71. The Morgan fingerprint density at radius 2 is 2.21 bits per heavy atom. The van der Waals surface area contributed by atoms with Crippen molar-refractivity contribution in [2.24, 2.45) is 0 Å². The first-order valence-corrected chi connectivity index (χ1v) is 6.56. The first-order valence-electron chi connectivity index (χ1n) is 6.56. The van der Waals surface area contributed by atoms with Crippen molar-refractivity contribution in [2.45, 2.75) is 45.2 Å². The van der Waals surface area contributed by atoms with Gasteiger partial charge in [0.15, 0.2) is 0 Å². The molecule has 2 atom stereocenters. The molecule has 1 saturated heterocycles. The molecule has 19 heavy (non-hydrogen) atoms. The maximum atomic E-state index is 12.1. The lowest BCUT2D eigenvalue weighted by Gasteiger charge is -2.33. The van der Waals surface area contributed by atoms with E-state index in [-0.39, 0.29) is 25.0 Å². The number of carbonyl (C=O) groups is 3. The number of carbonyl (C=O) groups excluding carboxylic acids is 2. The molecule has 1 aliphatic rings. The second-order valence-corrected chi connectivity index (χ2v) is 4.63. The summed E-state index contributed by atoms with van der Waals surface area (Å²) in [4.78, 5) is 35.5. The molecule has 0 spiro atoms. The number of carboxylic acids is 1. The number of urea groups is 1. The minimum atomic E-state index is -1.11. The molecule has 1 heterocycles. The fourth-order valence-electron chi connectivity index (χ4n) is 2.06. The Kier molecular flexibility index (Phi) is 5.59. The Morgan fingerprint density at radius 3 is 2.74 bits per heavy atom. The molecule has 0 saturated carbocycles. The number of nitrogens with one attached hydrogen (secondary N) is 2. The molecule has 0 aromatic rings. The smallest absolute Gasteiger partial charge is 0.328 e. The molecule has 0 aromatic heterocycles. The molecule has 0 aliphatic carbocycles. The number of piperazine rings is 1. The van der Waals surface area contributed by atoms with Crippen molar-refractivity contribution in [3.8, 4) is 0 Å². The van der Waals surface area contributed by atoms with Crippen LogP contribution in [-0.2, 0) is 9.59 Å². The van der Waals surface area contributed by atoms with Gasteiger partial charge in [0.05, 0.1) is 0 Å². The number of hydrogen-bond donors (Lipinski definition) is 3. The highest BCUT2D eigenvalue weighted by atomic mass is 16.4. The minimum absolute atomic E-state index is 0.0110. The molecule has 0 radical (unpaired) electrons. The third-order valence-electron chi connectivity index (χ3n) is 3.19. The van der Waals surface area contributed by atoms with Crippen molar-refractivity contribution in [2.75, 3.05) is 13.1 Å². The lowest BCUT2D eigenvalue weighted by atomic mass is 10.1. The van der Waals surface area contributed by atoms with Crippen molar-refractivity contribution in [1.29, 1.82) is 0 Å². The van der Waals surface area contributed by atoms with E-state index in [1.54, 1.807) is 0 Å². The zero-order valence-corrected chi connectivity index (χ0v) is 11.3. The predicted molar refractivity (Wildman–Crippen MR) is 68.7 cm³/mol. The first-order chi connectivity index (χ1) is 8.99. The van der Waals surface area contributed by atoms with E-state index in [0.29, 0.717) is 0 Å². The maximum absolute atomic E-state index is 12.1. The van der Waals surface area contributed by atoms with Gasteiger partial charge in [-0.25, -0.2) is 9.59 Å². The van der Waals surface area contributed by atoms with Gasteiger partial charge in [0, 0.05) is 12.6 Å².